The summed E-state index contributed by atoms with van der Waals surface area (Å²) in [5.41, 5.74) is 0.623. The number of hydrogen-bond acceptors (Lipinski definition) is 11. The van der Waals surface area contributed by atoms with Crippen molar-refractivity contribution in [3.63, 3.8) is 0 Å². The van der Waals surface area contributed by atoms with Crippen LogP contribution in [0.4, 0.5) is 0 Å². The summed E-state index contributed by atoms with van der Waals surface area (Å²) in [4.78, 5) is 51.8. The third kappa shape index (κ3) is 4.93. The number of ether oxygens (including phenoxy) is 7. The van der Waals surface area contributed by atoms with Crippen LogP contribution < -0.4 is 0 Å². The van der Waals surface area contributed by atoms with Gasteiger partial charge in [-0.2, -0.15) is 0 Å². The quantitative estimate of drug-likeness (QED) is 0.175. The Kier molecular flexibility index (Phi) is 8.53. The molecule has 47 heavy (non-hydrogen) atoms. The lowest BCUT2D eigenvalue weighted by Crippen LogP contribution is -2.72. The van der Waals surface area contributed by atoms with Crippen molar-refractivity contribution in [1.82, 2.24) is 0 Å². The smallest absolute Gasteiger partial charge is 0.334 e. The molecule has 3 aliphatic carbocycles. The molecule has 2 saturated heterocycles. The maximum atomic E-state index is 13.7. The van der Waals surface area contributed by atoms with E-state index in [-0.39, 0.29) is 43.4 Å². The van der Waals surface area contributed by atoms with E-state index >= 15 is 0 Å². The number of fused-ring (bicyclic) bond motifs is 4. The summed E-state index contributed by atoms with van der Waals surface area (Å²) in [5, 5.41) is 0. The summed E-state index contributed by atoms with van der Waals surface area (Å²) >= 11 is 0. The molecule has 11 nitrogen and oxygen atoms in total. The number of hydrogen-bond donors (Lipinski definition) is 0. The van der Waals surface area contributed by atoms with Crippen LogP contribution >= 0.6 is 0 Å². The van der Waals surface area contributed by atoms with Gasteiger partial charge in [-0.1, -0.05) is 32.4 Å². The molecule has 3 heterocycles. The van der Waals surface area contributed by atoms with Crippen molar-refractivity contribution < 1.29 is 52.3 Å². The molecule has 6 rings (SSSR count). The number of esters is 4. The fourth-order valence-electron chi connectivity index (χ4n) is 10.6. The van der Waals surface area contributed by atoms with Crippen molar-refractivity contribution >= 4 is 23.9 Å². The maximum absolute atomic E-state index is 13.7. The molecule has 0 radical (unpaired) electrons. The van der Waals surface area contributed by atoms with Crippen molar-refractivity contribution in [2.75, 3.05) is 20.3 Å². The third-order valence-corrected chi connectivity index (χ3v) is 12.6. The van der Waals surface area contributed by atoms with Crippen LogP contribution in [0.3, 0.4) is 0 Å². The van der Waals surface area contributed by atoms with Crippen molar-refractivity contribution in [2.45, 2.75) is 111 Å². The van der Waals surface area contributed by atoms with E-state index < -0.39 is 71.0 Å². The minimum Gasteiger partial charge on any atom is -0.462 e. The molecule has 0 amide bonds. The number of cyclic esters (lactones) is 1. The highest BCUT2D eigenvalue weighted by Crippen LogP contribution is 2.72. The SMILES string of the molecule is C/C=C(\C)C(=O)O[C@@H]1[C@@H]2OC[C@]3(C)[C@H](OC(C)=O)C[C@H](OC(C)=O)[C@@](C)([C@@H]23)[C@H]2C[C@H](OC)O[C@H]3C[C@H](C4=CCOC4=O)C(C)=C3[C@]12C. The molecule has 11 heteroatoms. The van der Waals surface area contributed by atoms with Gasteiger partial charge in [0, 0.05) is 73.0 Å². The molecule has 0 bridgehead atoms. The summed E-state index contributed by atoms with van der Waals surface area (Å²) < 4.78 is 43.6. The summed E-state index contributed by atoms with van der Waals surface area (Å²) in [5.74, 6) is -2.60. The Morgan fingerprint density at radius 3 is 2.26 bits per heavy atom. The highest BCUT2D eigenvalue weighted by Gasteiger charge is 2.77. The first-order chi connectivity index (χ1) is 22.1. The molecular weight excluding hydrogens is 608 g/mol. The van der Waals surface area contributed by atoms with E-state index in [1.807, 2.05) is 13.0 Å². The molecule has 0 spiro atoms. The second kappa shape index (κ2) is 11.8. The average Bonchev–Trinajstić information content (AvgIpc) is 3.67. The predicted octanol–water partition coefficient (Wildman–Crippen LogP) is 4.38. The molecule has 0 aromatic rings. The minimum atomic E-state index is -0.905. The lowest BCUT2D eigenvalue weighted by molar-refractivity contribution is -0.262. The summed E-state index contributed by atoms with van der Waals surface area (Å²) in [6.45, 7) is 15.1. The van der Waals surface area contributed by atoms with Gasteiger partial charge >= 0.3 is 23.9 Å². The Bertz CT molecular complexity index is 1460. The molecule has 4 fully saturated rings. The Morgan fingerprint density at radius 2 is 1.66 bits per heavy atom. The van der Waals surface area contributed by atoms with Crippen LogP contribution in [0.2, 0.25) is 0 Å². The van der Waals surface area contributed by atoms with Gasteiger partial charge in [0.15, 0.2) is 6.29 Å². The molecule has 12 atom stereocenters. The van der Waals surface area contributed by atoms with Crippen molar-refractivity contribution in [2.24, 2.45) is 34.0 Å². The van der Waals surface area contributed by atoms with E-state index in [0.29, 0.717) is 24.0 Å². The highest BCUT2D eigenvalue weighted by atomic mass is 16.7. The van der Waals surface area contributed by atoms with Crippen molar-refractivity contribution in [3.8, 4) is 0 Å². The molecule has 3 aliphatic heterocycles. The van der Waals surface area contributed by atoms with E-state index in [1.54, 1.807) is 27.0 Å². The van der Waals surface area contributed by atoms with Gasteiger partial charge in [0.05, 0.1) is 18.8 Å². The van der Waals surface area contributed by atoms with E-state index in [0.717, 1.165) is 11.1 Å². The van der Waals surface area contributed by atoms with Gasteiger partial charge in [-0.15, -0.1) is 0 Å². The number of allylic oxidation sites excluding steroid dienone is 2. The summed E-state index contributed by atoms with van der Waals surface area (Å²) in [6.07, 6.45) is 0.978. The monoisotopic (exact) mass is 656 g/mol. The number of rotatable bonds is 6. The van der Waals surface area contributed by atoms with Gasteiger partial charge in [0.1, 0.15) is 24.9 Å². The van der Waals surface area contributed by atoms with E-state index in [9.17, 15) is 19.2 Å². The number of carbonyl (C=O) groups excluding carboxylic acids is 4. The van der Waals surface area contributed by atoms with Gasteiger partial charge in [0.25, 0.3) is 0 Å². The standard InChI is InChI=1S/C36H48O11/c1-10-17(2)32(39)47-31-29-30-34(6,16-43-29)25(44-19(4)37)15-26(45-20(5)38)35(30,7)24-14-27(41-9)46-23-13-22(21-11-12-42-33(21)40)18(3)28(23)36(24,31)8/h10-11,22-27,29-31H,12-16H2,1-9H3/b17-10+/t22-,23-,24+,25+,26-,27+,29+,30-,31+,34+,35-,36+/m0/s1. The van der Waals surface area contributed by atoms with Gasteiger partial charge < -0.3 is 33.2 Å². The van der Waals surface area contributed by atoms with Crippen LogP contribution in [-0.4, -0.2) is 81.0 Å². The van der Waals surface area contributed by atoms with Gasteiger partial charge in [-0.3, -0.25) is 9.59 Å². The maximum Gasteiger partial charge on any atom is 0.334 e. The Labute approximate surface area is 276 Å². The van der Waals surface area contributed by atoms with E-state index in [2.05, 4.69) is 20.8 Å². The van der Waals surface area contributed by atoms with Crippen LogP contribution in [0.5, 0.6) is 0 Å². The van der Waals surface area contributed by atoms with Crippen molar-refractivity contribution in [3.05, 3.63) is 34.4 Å². The largest absolute Gasteiger partial charge is 0.462 e. The van der Waals surface area contributed by atoms with Crippen LogP contribution in [-0.2, 0) is 52.3 Å². The van der Waals surface area contributed by atoms with E-state index in [1.165, 1.54) is 13.8 Å². The first-order valence-corrected chi connectivity index (χ1v) is 16.7. The summed E-state index contributed by atoms with van der Waals surface area (Å²) in [7, 11) is 1.61. The van der Waals surface area contributed by atoms with Gasteiger partial charge in [-0.25, -0.2) is 9.59 Å². The fourth-order valence-corrected chi connectivity index (χ4v) is 10.6. The van der Waals surface area contributed by atoms with Gasteiger partial charge in [0.2, 0.25) is 0 Å². The zero-order valence-corrected chi connectivity index (χ0v) is 28.9. The molecule has 0 aromatic carbocycles. The Balaban J connectivity index is 1.61. The molecule has 0 N–H and O–H groups in total. The lowest BCUT2D eigenvalue weighted by atomic mass is 9.39. The first kappa shape index (κ1) is 33.9. The number of methoxy groups -OCH3 is 1. The van der Waals surface area contributed by atoms with Crippen molar-refractivity contribution in [1.29, 1.82) is 0 Å². The highest BCUT2D eigenvalue weighted by molar-refractivity contribution is 5.92. The molecule has 2 saturated carbocycles. The van der Waals surface area contributed by atoms with Crippen LogP contribution in [0.15, 0.2) is 34.4 Å². The normalized spacial score (nSPS) is 44.0. The molecule has 0 unspecified atom stereocenters. The average molecular weight is 657 g/mol. The molecular formula is C36H48O11. The lowest BCUT2D eigenvalue weighted by Gasteiger charge is -2.66. The molecule has 0 aromatic heterocycles. The zero-order chi connectivity index (χ0) is 34.2. The van der Waals surface area contributed by atoms with E-state index in [4.69, 9.17) is 33.2 Å². The summed E-state index contributed by atoms with van der Waals surface area (Å²) in [6, 6.07) is 0. The predicted molar refractivity (Wildman–Crippen MR) is 166 cm³/mol. The zero-order valence-electron chi connectivity index (χ0n) is 28.9. The van der Waals surface area contributed by atoms with Gasteiger partial charge in [-0.05, 0) is 44.8 Å². The third-order valence-electron chi connectivity index (χ3n) is 12.6. The fraction of sp³-hybridized carbons (Fsp3) is 0.722. The van der Waals surface area contributed by atoms with Crippen LogP contribution in [0.1, 0.15) is 74.7 Å². The van der Waals surface area contributed by atoms with Crippen LogP contribution in [0, 0.1) is 34.0 Å². The molecule has 6 aliphatic rings. The molecule has 258 valence electrons. The number of carbonyl (C=O) groups is 4. The van der Waals surface area contributed by atoms with Crippen LogP contribution in [0.25, 0.3) is 0 Å². The Hall–Kier alpha value is -3.02. The first-order valence-electron chi connectivity index (χ1n) is 16.7. The minimum absolute atomic E-state index is 0.226. The topological polar surface area (TPSA) is 133 Å². The second-order valence-electron chi connectivity index (χ2n) is 14.9. The second-order valence-corrected chi connectivity index (χ2v) is 14.9. The Morgan fingerprint density at radius 1 is 0.979 bits per heavy atom.